The molecule has 4 rings (SSSR count). The van der Waals surface area contributed by atoms with Crippen molar-refractivity contribution in [3.8, 4) is 11.3 Å². The second-order valence-electron chi connectivity index (χ2n) is 7.10. The number of benzene rings is 2. The summed E-state index contributed by atoms with van der Waals surface area (Å²) in [6.45, 7) is 1.10. The summed E-state index contributed by atoms with van der Waals surface area (Å²) < 4.78 is 39.7. The molecule has 0 aliphatic carbocycles. The van der Waals surface area contributed by atoms with Crippen LogP contribution in [0.5, 0.6) is 0 Å². The monoisotopic (exact) mass is 400 g/mol. The lowest BCUT2D eigenvalue weighted by Crippen LogP contribution is -2.30. The summed E-state index contributed by atoms with van der Waals surface area (Å²) in [5.74, 6) is -0.101. The molecule has 0 radical (unpaired) electrons. The smallest absolute Gasteiger partial charge is 0.340 e. The maximum Gasteiger partial charge on any atom is 0.416 e. The molecule has 1 fully saturated rings. The molecule has 1 amide bonds. The highest BCUT2D eigenvalue weighted by molar-refractivity contribution is 5.79. The first kappa shape index (κ1) is 19.2. The number of carbonyl (C=O) groups is 1. The van der Waals surface area contributed by atoms with Crippen molar-refractivity contribution < 1.29 is 18.0 Å². The van der Waals surface area contributed by atoms with Gasteiger partial charge in [-0.1, -0.05) is 47.7 Å². The van der Waals surface area contributed by atoms with Crippen LogP contribution in [-0.2, 0) is 17.4 Å². The van der Waals surface area contributed by atoms with E-state index in [0.29, 0.717) is 18.7 Å². The molecule has 1 saturated heterocycles. The number of likely N-dealkylation sites (tertiary alicyclic amines) is 1. The van der Waals surface area contributed by atoms with Gasteiger partial charge in [0.05, 0.1) is 24.2 Å². The molecule has 1 aromatic heterocycles. The topological polar surface area (TPSA) is 51.0 Å². The quantitative estimate of drug-likeness (QED) is 0.666. The first-order valence-electron chi connectivity index (χ1n) is 9.31. The van der Waals surface area contributed by atoms with Crippen molar-refractivity contribution in [3.05, 3.63) is 71.9 Å². The van der Waals surface area contributed by atoms with Gasteiger partial charge in [-0.25, -0.2) is 4.68 Å². The fraction of sp³-hybridized carbons (Fsp3) is 0.286. The highest BCUT2D eigenvalue weighted by atomic mass is 19.4. The van der Waals surface area contributed by atoms with Gasteiger partial charge in [-0.2, -0.15) is 13.2 Å². The number of hydrogen-bond donors (Lipinski definition) is 0. The molecule has 1 aliphatic rings. The van der Waals surface area contributed by atoms with Crippen LogP contribution in [0, 0.1) is 0 Å². The normalized spacial score (nSPS) is 16.9. The van der Waals surface area contributed by atoms with Crippen LogP contribution >= 0.6 is 0 Å². The molecule has 5 nitrogen and oxygen atoms in total. The Labute approximate surface area is 165 Å². The van der Waals surface area contributed by atoms with Crippen molar-refractivity contribution in [2.24, 2.45) is 0 Å². The molecular weight excluding hydrogens is 381 g/mol. The molecular formula is C21H19F3N4O. The first-order chi connectivity index (χ1) is 13.9. The van der Waals surface area contributed by atoms with E-state index in [2.05, 4.69) is 10.3 Å². The minimum absolute atomic E-state index is 0.0384. The minimum atomic E-state index is -4.37. The summed E-state index contributed by atoms with van der Waals surface area (Å²) in [4.78, 5) is 14.3. The second kappa shape index (κ2) is 7.69. The number of nitrogens with zero attached hydrogens (tertiary/aromatic N) is 4. The van der Waals surface area contributed by atoms with Gasteiger partial charge in [0.25, 0.3) is 0 Å². The van der Waals surface area contributed by atoms with Crippen LogP contribution in [-0.4, -0.2) is 38.9 Å². The van der Waals surface area contributed by atoms with E-state index < -0.39 is 11.7 Å². The molecule has 3 aromatic rings. The number of amides is 1. The van der Waals surface area contributed by atoms with Crippen LogP contribution in [0.25, 0.3) is 11.3 Å². The van der Waals surface area contributed by atoms with Gasteiger partial charge in [0.2, 0.25) is 5.91 Å². The fourth-order valence-corrected chi connectivity index (χ4v) is 3.48. The summed E-state index contributed by atoms with van der Waals surface area (Å²) >= 11 is 0. The highest BCUT2D eigenvalue weighted by Gasteiger charge is 2.31. The summed E-state index contributed by atoms with van der Waals surface area (Å²) in [6, 6.07) is 14.5. The average molecular weight is 400 g/mol. The third kappa shape index (κ3) is 4.31. The van der Waals surface area contributed by atoms with Crippen LogP contribution in [0.3, 0.4) is 0 Å². The maximum absolute atomic E-state index is 12.7. The molecule has 2 heterocycles. The summed E-state index contributed by atoms with van der Waals surface area (Å²) in [5.41, 5.74) is 1.61. The van der Waals surface area contributed by atoms with Crippen molar-refractivity contribution >= 4 is 5.91 Å². The largest absolute Gasteiger partial charge is 0.416 e. The van der Waals surface area contributed by atoms with Crippen molar-refractivity contribution in [1.29, 1.82) is 0 Å². The molecule has 29 heavy (non-hydrogen) atoms. The summed E-state index contributed by atoms with van der Waals surface area (Å²) in [6.07, 6.45) is -1.65. The Morgan fingerprint density at radius 3 is 2.48 bits per heavy atom. The fourth-order valence-electron chi connectivity index (χ4n) is 3.48. The molecule has 1 unspecified atom stereocenters. The number of aromatic nitrogens is 3. The van der Waals surface area contributed by atoms with Gasteiger partial charge >= 0.3 is 6.18 Å². The molecule has 8 heteroatoms. The van der Waals surface area contributed by atoms with Crippen LogP contribution in [0.1, 0.15) is 23.6 Å². The van der Waals surface area contributed by atoms with E-state index >= 15 is 0 Å². The number of alkyl halides is 3. The highest BCUT2D eigenvalue weighted by Crippen LogP contribution is 2.29. The molecule has 0 saturated carbocycles. The van der Waals surface area contributed by atoms with E-state index in [4.69, 9.17) is 0 Å². The lowest BCUT2D eigenvalue weighted by Gasteiger charge is -2.17. The van der Waals surface area contributed by atoms with E-state index in [-0.39, 0.29) is 18.4 Å². The van der Waals surface area contributed by atoms with E-state index in [1.807, 2.05) is 36.5 Å². The minimum Gasteiger partial charge on any atom is -0.340 e. The summed E-state index contributed by atoms with van der Waals surface area (Å²) in [5, 5.41) is 8.42. The van der Waals surface area contributed by atoms with Gasteiger partial charge < -0.3 is 4.90 Å². The Hall–Kier alpha value is -3.16. The van der Waals surface area contributed by atoms with Gasteiger partial charge in [-0.15, -0.1) is 5.10 Å². The maximum atomic E-state index is 12.7. The SMILES string of the molecule is O=C(Cc1ccc(C(F)(F)F)cc1)N1CCC(n2cc(-c3ccccc3)nn2)C1. The lowest BCUT2D eigenvalue weighted by molar-refractivity contribution is -0.137. The van der Waals surface area contributed by atoms with E-state index in [0.717, 1.165) is 29.8 Å². The average Bonchev–Trinajstić information content (AvgIpc) is 3.38. The van der Waals surface area contributed by atoms with Gasteiger partial charge in [-0.05, 0) is 24.1 Å². The second-order valence-corrected chi connectivity index (χ2v) is 7.10. The van der Waals surface area contributed by atoms with Gasteiger partial charge in [0, 0.05) is 18.7 Å². The Bertz CT molecular complexity index is 983. The molecule has 150 valence electrons. The zero-order valence-corrected chi connectivity index (χ0v) is 15.5. The van der Waals surface area contributed by atoms with E-state index in [9.17, 15) is 18.0 Å². The third-order valence-electron chi connectivity index (χ3n) is 5.11. The Balaban J connectivity index is 1.37. The Morgan fingerprint density at radius 2 is 1.79 bits per heavy atom. The molecule has 2 aromatic carbocycles. The van der Waals surface area contributed by atoms with E-state index in [1.165, 1.54) is 12.1 Å². The molecule has 1 atom stereocenters. The number of carbonyl (C=O) groups excluding carboxylic acids is 1. The van der Waals surface area contributed by atoms with Crippen LogP contribution in [0.15, 0.2) is 60.8 Å². The predicted molar refractivity (Wildman–Crippen MR) is 101 cm³/mol. The number of rotatable bonds is 4. The van der Waals surface area contributed by atoms with Crippen molar-refractivity contribution in [2.45, 2.75) is 25.1 Å². The van der Waals surface area contributed by atoms with Crippen molar-refractivity contribution in [3.63, 3.8) is 0 Å². The lowest BCUT2D eigenvalue weighted by atomic mass is 10.1. The van der Waals surface area contributed by atoms with Crippen LogP contribution < -0.4 is 0 Å². The van der Waals surface area contributed by atoms with E-state index in [1.54, 1.807) is 9.58 Å². The predicted octanol–water partition coefficient (Wildman–Crippen LogP) is 3.98. The Morgan fingerprint density at radius 1 is 1.07 bits per heavy atom. The van der Waals surface area contributed by atoms with Gasteiger partial charge in [-0.3, -0.25) is 4.79 Å². The Kier molecular flexibility index (Phi) is 5.08. The molecule has 1 aliphatic heterocycles. The molecule has 0 N–H and O–H groups in total. The molecule has 0 spiro atoms. The van der Waals surface area contributed by atoms with Crippen molar-refractivity contribution in [1.82, 2.24) is 19.9 Å². The van der Waals surface area contributed by atoms with Crippen molar-refractivity contribution in [2.75, 3.05) is 13.1 Å². The van der Waals surface area contributed by atoms with Gasteiger partial charge in [0.15, 0.2) is 0 Å². The zero-order valence-electron chi connectivity index (χ0n) is 15.5. The first-order valence-corrected chi connectivity index (χ1v) is 9.31. The van der Waals surface area contributed by atoms with Crippen LogP contribution in [0.4, 0.5) is 13.2 Å². The standard InChI is InChI=1S/C21H19F3N4O/c22-21(23,24)17-8-6-15(7-9-17)12-20(29)27-11-10-18(13-27)28-14-19(25-26-28)16-4-2-1-3-5-16/h1-9,14,18H,10-13H2. The molecule has 0 bridgehead atoms. The van der Waals surface area contributed by atoms with Gasteiger partial charge in [0.1, 0.15) is 5.69 Å². The summed E-state index contributed by atoms with van der Waals surface area (Å²) in [7, 11) is 0. The number of halogens is 3. The number of hydrogen-bond acceptors (Lipinski definition) is 3. The zero-order chi connectivity index (χ0) is 20.4. The van der Waals surface area contributed by atoms with Crippen LogP contribution in [0.2, 0.25) is 0 Å². The third-order valence-corrected chi connectivity index (χ3v) is 5.11.